The zero-order chi connectivity index (χ0) is 29.9. The number of ether oxygens (including phenoxy) is 3. The van der Waals surface area contributed by atoms with Gasteiger partial charge in [0.2, 0.25) is 0 Å². The van der Waals surface area contributed by atoms with Gasteiger partial charge in [-0.25, -0.2) is 10.2 Å². The summed E-state index contributed by atoms with van der Waals surface area (Å²) in [4.78, 5) is 25.3. The number of benzene rings is 3. The van der Waals surface area contributed by atoms with E-state index in [1.165, 1.54) is 6.21 Å². The van der Waals surface area contributed by atoms with Crippen molar-refractivity contribution in [2.45, 2.75) is 26.5 Å². The molecule has 42 heavy (non-hydrogen) atoms. The number of hydrogen-bond acceptors (Lipinski definition) is 8. The van der Waals surface area contributed by atoms with Crippen molar-refractivity contribution in [2.75, 3.05) is 13.2 Å². The lowest BCUT2D eigenvalue weighted by molar-refractivity contribution is -0.139. The number of carbonyl (C=O) groups is 2. The van der Waals surface area contributed by atoms with Gasteiger partial charge < -0.3 is 24.8 Å². The third kappa shape index (κ3) is 7.71. The van der Waals surface area contributed by atoms with E-state index in [0.717, 1.165) is 5.56 Å². The van der Waals surface area contributed by atoms with E-state index in [0.29, 0.717) is 51.2 Å². The molecule has 0 aromatic heterocycles. The average molecular weight is 584 g/mol. The maximum absolute atomic E-state index is 12.7. The minimum Gasteiger partial charge on any atom is -0.488 e. The maximum Gasteiger partial charge on any atom is 0.338 e. The SMILES string of the molecule is CCOC(=O)C1=C(C)NC(=S)N[C@@H]1c1ccccc1OCC(=O)NN=Cc1ccccc1OCc1ccc(C#N)cc1. The summed E-state index contributed by atoms with van der Waals surface area (Å²) in [7, 11) is 0. The summed E-state index contributed by atoms with van der Waals surface area (Å²) in [6.07, 6.45) is 1.49. The number of hydrazone groups is 1. The van der Waals surface area contributed by atoms with E-state index in [1.807, 2.05) is 30.3 Å². The molecule has 0 bridgehead atoms. The first kappa shape index (κ1) is 29.8. The van der Waals surface area contributed by atoms with Crippen molar-refractivity contribution in [1.82, 2.24) is 16.1 Å². The largest absolute Gasteiger partial charge is 0.488 e. The Morgan fingerprint density at radius 2 is 1.76 bits per heavy atom. The number of carbonyl (C=O) groups excluding carboxylic acids is 2. The maximum atomic E-state index is 12.7. The number of esters is 1. The Labute approximate surface area is 249 Å². The summed E-state index contributed by atoms with van der Waals surface area (Å²) >= 11 is 5.31. The molecule has 1 aliphatic heterocycles. The predicted molar refractivity (Wildman–Crippen MR) is 161 cm³/mol. The van der Waals surface area contributed by atoms with Crippen LogP contribution in [0.15, 0.2) is 89.2 Å². The molecule has 3 aromatic carbocycles. The highest BCUT2D eigenvalue weighted by atomic mass is 32.1. The zero-order valence-electron chi connectivity index (χ0n) is 23.0. The van der Waals surface area contributed by atoms with Crippen molar-refractivity contribution in [3.63, 3.8) is 0 Å². The van der Waals surface area contributed by atoms with Crippen LogP contribution in [0.1, 0.15) is 42.1 Å². The number of thiocarbonyl (C=S) groups is 1. The third-order valence-electron chi connectivity index (χ3n) is 6.14. The Morgan fingerprint density at radius 1 is 1.05 bits per heavy atom. The van der Waals surface area contributed by atoms with Crippen LogP contribution < -0.4 is 25.5 Å². The van der Waals surface area contributed by atoms with Gasteiger partial charge in [0.05, 0.1) is 36.1 Å². The predicted octanol–water partition coefficient (Wildman–Crippen LogP) is 4.02. The second-order valence-corrected chi connectivity index (χ2v) is 9.45. The Balaban J connectivity index is 1.38. The number of hydrogen-bond donors (Lipinski definition) is 3. The number of allylic oxidation sites excluding steroid dienone is 1. The standard InChI is InChI=1S/C31H29N5O5S/c1-3-39-30(38)28-20(2)34-31(42)35-29(28)24-9-5-7-11-26(24)41-19-27(37)36-33-17-23-8-4-6-10-25(23)40-18-22-14-12-21(16-32)13-15-22/h4-15,17,29H,3,18-19H2,1-2H3,(H,36,37)(H2,34,35,42)/t29-/m1/s1. The molecule has 1 aliphatic rings. The molecule has 1 heterocycles. The number of amides is 1. The lowest BCUT2D eigenvalue weighted by Crippen LogP contribution is -2.45. The summed E-state index contributed by atoms with van der Waals surface area (Å²) in [6.45, 7) is 3.69. The first-order chi connectivity index (χ1) is 20.4. The van der Waals surface area contributed by atoms with Crippen LogP contribution >= 0.6 is 12.2 Å². The molecule has 3 aromatic rings. The van der Waals surface area contributed by atoms with Gasteiger partial charge in [0.1, 0.15) is 18.1 Å². The first-order valence-corrected chi connectivity index (χ1v) is 13.5. The van der Waals surface area contributed by atoms with Gasteiger partial charge in [0.25, 0.3) is 5.91 Å². The fraction of sp³-hybridized carbons (Fsp3) is 0.194. The molecule has 0 saturated carbocycles. The molecule has 0 unspecified atom stereocenters. The second kappa shape index (κ2) is 14.4. The van der Waals surface area contributed by atoms with E-state index in [4.69, 9.17) is 31.7 Å². The second-order valence-electron chi connectivity index (χ2n) is 9.05. The van der Waals surface area contributed by atoms with Gasteiger partial charge in [0.15, 0.2) is 11.7 Å². The Bertz CT molecular complexity index is 1560. The quantitative estimate of drug-likeness (QED) is 0.132. The third-order valence-corrected chi connectivity index (χ3v) is 6.36. The monoisotopic (exact) mass is 583 g/mol. The smallest absolute Gasteiger partial charge is 0.338 e. The Morgan fingerprint density at radius 3 is 2.50 bits per heavy atom. The van der Waals surface area contributed by atoms with Crippen LogP contribution in [0, 0.1) is 11.3 Å². The normalized spacial score (nSPS) is 14.4. The lowest BCUT2D eigenvalue weighted by Gasteiger charge is -2.30. The molecular formula is C31H29N5O5S. The van der Waals surface area contributed by atoms with Crippen molar-refractivity contribution in [2.24, 2.45) is 5.10 Å². The van der Waals surface area contributed by atoms with Gasteiger partial charge in [-0.1, -0.05) is 42.5 Å². The van der Waals surface area contributed by atoms with E-state index in [2.05, 4.69) is 27.2 Å². The molecule has 10 nitrogen and oxygen atoms in total. The number of para-hydroxylation sites is 2. The summed E-state index contributed by atoms with van der Waals surface area (Å²) in [5.41, 5.74) is 6.18. The fourth-order valence-electron chi connectivity index (χ4n) is 4.16. The van der Waals surface area contributed by atoms with Gasteiger partial charge in [-0.3, -0.25) is 4.79 Å². The van der Waals surface area contributed by atoms with Crippen molar-refractivity contribution >= 4 is 35.4 Å². The topological polar surface area (TPSA) is 134 Å². The van der Waals surface area contributed by atoms with Crippen LogP contribution in [0.2, 0.25) is 0 Å². The van der Waals surface area contributed by atoms with Gasteiger partial charge in [-0.15, -0.1) is 0 Å². The van der Waals surface area contributed by atoms with Crippen LogP contribution in [0.5, 0.6) is 11.5 Å². The minimum atomic E-state index is -0.629. The van der Waals surface area contributed by atoms with Crippen LogP contribution in [-0.2, 0) is 20.9 Å². The number of nitriles is 1. The van der Waals surface area contributed by atoms with E-state index < -0.39 is 17.9 Å². The van der Waals surface area contributed by atoms with E-state index in [1.54, 1.807) is 56.3 Å². The van der Waals surface area contributed by atoms with Crippen molar-refractivity contribution in [3.05, 3.63) is 106 Å². The van der Waals surface area contributed by atoms with Crippen LogP contribution in [0.4, 0.5) is 0 Å². The zero-order valence-corrected chi connectivity index (χ0v) is 23.9. The number of rotatable bonds is 11. The minimum absolute atomic E-state index is 0.222. The van der Waals surface area contributed by atoms with Gasteiger partial charge >= 0.3 is 5.97 Å². The van der Waals surface area contributed by atoms with Crippen molar-refractivity contribution in [1.29, 1.82) is 5.26 Å². The summed E-state index contributed by atoms with van der Waals surface area (Å²) < 4.78 is 17.0. The molecule has 0 spiro atoms. The molecule has 11 heteroatoms. The fourth-order valence-corrected chi connectivity index (χ4v) is 4.43. The molecule has 0 aliphatic carbocycles. The molecule has 0 fully saturated rings. The Hall–Kier alpha value is -5.21. The van der Waals surface area contributed by atoms with E-state index >= 15 is 0 Å². The molecule has 1 amide bonds. The highest BCUT2D eigenvalue weighted by Gasteiger charge is 2.32. The molecule has 1 atom stereocenters. The van der Waals surface area contributed by atoms with Crippen LogP contribution in [0.3, 0.4) is 0 Å². The number of nitrogens with zero attached hydrogens (tertiary/aromatic N) is 2. The van der Waals surface area contributed by atoms with Crippen LogP contribution in [-0.4, -0.2) is 36.4 Å². The average Bonchev–Trinajstić information content (AvgIpc) is 2.99. The molecule has 0 saturated heterocycles. The molecule has 0 radical (unpaired) electrons. The lowest BCUT2D eigenvalue weighted by atomic mass is 9.95. The summed E-state index contributed by atoms with van der Waals surface area (Å²) in [5.74, 6) is 0.0156. The van der Waals surface area contributed by atoms with Gasteiger partial charge in [-0.2, -0.15) is 10.4 Å². The molecular weight excluding hydrogens is 554 g/mol. The Kier molecular flexibility index (Phi) is 10.2. The highest BCUT2D eigenvalue weighted by Crippen LogP contribution is 2.33. The summed E-state index contributed by atoms with van der Waals surface area (Å²) in [5, 5.41) is 19.4. The van der Waals surface area contributed by atoms with Crippen LogP contribution in [0.25, 0.3) is 0 Å². The highest BCUT2D eigenvalue weighted by molar-refractivity contribution is 7.80. The van der Waals surface area contributed by atoms with Crippen molar-refractivity contribution in [3.8, 4) is 17.6 Å². The summed E-state index contributed by atoms with van der Waals surface area (Å²) in [6, 6.07) is 22.9. The van der Waals surface area contributed by atoms with E-state index in [-0.39, 0.29) is 13.2 Å². The molecule has 3 N–H and O–H groups in total. The first-order valence-electron chi connectivity index (χ1n) is 13.1. The molecule has 214 valence electrons. The van der Waals surface area contributed by atoms with E-state index in [9.17, 15) is 9.59 Å². The number of nitrogens with one attached hydrogen (secondary N) is 3. The molecule has 4 rings (SSSR count). The van der Waals surface area contributed by atoms with Gasteiger partial charge in [0, 0.05) is 16.8 Å². The van der Waals surface area contributed by atoms with Gasteiger partial charge in [-0.05, 0) is 62.0 Å². The van der Waals surface area contributed by atoms with Crippen molar-refractivity contribution < 1.29 is 23.8 Å².